The van der Waals surface area contributed by atoms with E-state index in [0.29, 0.717) is 0 Å². The lowest BCUT2D eigenvalue weighted by molar-refractivity contribution is 0.702. The Balaban J connectivity index is 0. The van der Waals surface area contributed by atoms with Gasteiger partial charge < -0.3 is 0 Å². The number of hydrogen-bond acceptors (Lipinski definition) is 2. The minimum absolute atomic E-state index is 0.787. The van der Waals surface area contributed by atoms with E-state index in [1.54, 1.807) is 0 Å². The molecule has 0 saturated heterocycles. The van der Waals surface area contributed by atoms with Crippen LogP contribution in [0.4, 0.5) is 0 Å². The molecule has 0 spiro atoms. The Hall–Kier alpha value is -0.620. The molecule has 0 aromatic rings. The highest BCUT2D eigenvalue weighted by Gasteiger charge is 1.75. The molecule has 0 aromatic carbocycles. The van der Waals surface area contributed by atoms with Gasteiger partial charge in [0, 0.05) is 13.1 Å². The van der Waals surface area contributed by atoms with E-state index in [9.17, 15) is 0 Å². The van der Waals surface area contributed by atoms with Crippen LogP contribution in [0.25, 0.3) is 0 Å². The predicted molar refractivity (Wildman–Crippen MR) is 70.0 cm³/mol. The van der Waals surface area contributed by atoms with Crippen molar-refractivity contribution in [1.82, 2.24) is 0 Å². The molecule has 90 valence electrons. The fourth-order valence-corrected chi connectivity index (χ4v) is 0.908. The molecule has 0 unspecified atom stereocenters. The first kappa shape index (κ1) is 16.8. The van der Waals surface area contributed by atoms with E-state index in [4.69, 9.17) is 0 Å². The van der Waals surface area contributed by atoms with E-state index in [0.717, 1.165) is 19.5 Å². The molecular weight excluding hydrogens is 184 g/mol. The molecule has 0 aromatic heterocycles. The normalized spacial score (nSPS) is 8.53. The van der Waals surface area contributed by atoms with Gasteiger partial charge in [-0.3, -0.25) is 0 Å². The van der Waals surface area contributed by atoms with Crippen LogP contribution < -0.4 is 0 Å². The summed E-state index contributed by atoms with van der Waals surface area (Å²) in [6.07, 6.45) is 7.87. The molecule has 15 heavy (non-hydrogen) atoms. The summed E-state index contributed by atoms with van der Waals surface area (Å²) in [6.45, 7) is 10.2. The van der Waals surface area contributed by atoms with Crippen molar-refractivity contribution >= 4 is 6.01 Å². The van der Waals surface area contributed by atoms with E-state index < -0.39 is 0 Å². The van der Waals surface area contributed by atoms with Gasteiger partial charge in [-0.05, 0) is 13.3 Å². The van der Waals surface area contributed by atoms with Gasteiger partial charge in [0.25, 0.3) is 0 Å². The third-order valence-electron chi connectivity index (χ3n) is 1.88. The van der Waals surface area contributed by atoms with Gasteiger partial charge in [0.2, 0.25) is 0 Å². The highest BCUT2D eigenvalue weighted by atomic mass is 14.8. The Morgan fingerprint density at radius 1 is 0.733 bits per heavy atom. The lowest BCUT2D eigenvalue weighted by Crippen LogP contribution is -1.76. The van der Waals surface area contributed by atoms with Crippen LogP contribution >= 0.6 is 0 Å². The number of nitrogens with zero attached hydrogens (tertiary/aromatic N) is 2. The third kappa shape index (κ3) is 24.7. The summed E-state index contributed by atoms with van der Waals surface area (Å²) < 4.78 is 0. The van der Waals surface area contributed by atoms with Crippen molar-refractivity contribution in [1.29, 1.82) is 0 Å². The summed E-state index contributed by atoms with van der Waals surface area (Å²) in [5.74, 6) is 0. The van der Waals surface area contributed by atoms with Gasteiger partial charge >= 0.3 is 0 Å². The van der Waals surface area contributed by atoms with Crippen LogP contribution in [-0.4, -0.2) is 19.1 Å². The maximum atomic E-state index is 3.93. The quantitative estimate of drug-likeness (QED) is 0.436. The zero-order valence-corrected chi connectivity index (χ0v) is 11.1. The standard InChI is InChI=1S/C7H14N2.C6H14/c1-3-5-6-9-7-8-4-2;1-3-5-6-4-2/h3-6H2,1-2H3;3-6H2,1-2H3. The van der Waals surface area contributed by atoms with E-state index in [-0.39, 0.29) is 0 Å². The van der Waals surface area contributed by atoms with Gasteiger partial charge in [0.15, 0.2) is 0 Å². The largest absolute Gasteiger partial charge is 0.226 e. The highest BCUT2D eigenvalue weighted by Crippen LogP contribution is 1.95. The van der Waals surface area contributed by atoms with Gasteiger partial charge in [-0.25, -0.2) is 9.98 Å². The average Bonchev–Trinajstić information content (AvgIpc) is 2.27. The molecule has 0 fully saturated rings. The first-order chi connectivity index (χ1) is 7.33. The highest BCUT2D eigenvalue weighted by molar-refractivity contribution is 5.40. The van der Waals surface area contributed by atoms with Gasteiger partial charge in [-0.15, -0.1) is 0 Å². The van der Waals surface area contributed by atoms with E-state index in [1.165, 1.54) is 32.1 Å². The smallest absolute Gasteiger partial charge is 0.0892 e. The number of unbranched alkanes of at least 4 members (excludes halogenated alkanes) is 4. The summed E-state index contributed by atoms with van der Waals surface area (Å²) in [7, 11) is 0. The minimum atomic E-state index is 0.787. The van der Waals surface area contributed by atoms with Crippen molar-refractivity contribution in [3.63, 3.8) is 0 Å². The van der Waals surface area contributed by atoms with Crippen LogP contribution in [0.15, 0.2) is 9.98 Å². The summed E-state index contributed by atoms with van der Waals surface area (Å²) in [5, 5.41) is 0. The third-order valence-corrected chi connectivity index (χ3v) is 1.88. The Morgan fingerprint density at radius 3 is 1.67 bits per heavy atom. The monoisotopic (exact) mass is 212 g/mol. The van der Waals surface area contributed by atoms with Crippen molar-refractivity contribution in [3.05, 3.63) is 0 Å². The maximum Gasteiger partial charge on any atom is 0.0892 e. The van der Waals surface area contributed by atoms with Crippen molar-refractivity contribution in [2.75, 3.05) is 13.1 Å². The predicted octanol–water partition coefficient (Wildman–Crippen LogP) is 4.57. The first-order valence-electron chi connectivity index (χ1n) is 6.41. The number of hydrogen-bond donors (Lipinski definition) is 0. The molecule has 0 aliphatic heterocycles. The summed E-state index contributed by atoms with van der Waals surface area (Å²) in [5.41, 5.74) is 0. The van der Waals surface area contributed by atoms with Crippen LogP contribution in [-0.2, 0) is 0 Å². The zero-order valence-electron chi connectivity index (χ0n) is 11.1. The fraction of sp³-hybridized carbons (Fsp3) is 0.923. The lowest BCUT2D eigenvalue weighted by Gasteiger charge is -1.86. The fourth-order valence-electron chi connectivity index (χ4n) is 0.908. The summed E-state index contributed by atoms with van der Waals surface area (Å²) in [4.78, 5) is 7.76. The SMILES string of the molecule is CCCCCC.CCCCN=C=NCC. The summed E-state index contributed by atoms with van der Waals surface area (Å²) in [6, 6.07) is 2.62. The second-order valence-corrected chi connectivity index (χ2v) is 3.52. The maximum absolute atomic E-state index is 3.93. The topological polar surface area (TPSA) is 24.7 Å². The lowest BCUT2D eigenvalue weighted by atomic mass is 10.2. The Kier molecular flexibility index (Phi) is 21.3. The number of aliphatic imine (C=N–C) groups is 2. The van der Waals surface area contributed by atoms with Crippen LogP contribution in [0.3, 0.4) is 0 Å². The van der Waals surface area contributed by atoms with Gasteiger partial charge in [0.1, 0.15) is 0 Å². The molecule has 0 bridgehead atoms. The average molecular weight is 212 g/mol. The molecule has 2 nitrogen and oxygen atoms in total. The van der Waals surface area contributed by atoms with Gasteiger partial charge in [-0.2, -0.15) is 0 Å². The second kappa shape index (κ2) is 19.0. The molecule has 0 heterocycles. The Bertz CT molecular complexity index is 143. The van der Waals surface area contributed by atoms with Crippen LogP contribution in [0, 0.1) is 0 Å². The molecule has 0 aliphatic carbocycles. The Labute approximate surface area is 95.9 Å². The molecular formula is C13H28N2. The van der Waals surface area contributed by atoms with Crippen molar-refractivity contribution in [2.45, 2.75) is 66.2 Å². The minimum Gasteiger partial charge on any atom is -0.226 e. The molecule has 2 heteroatoms. The molecule has 0 aliphatic rings. The molecule has 0 amide bonds. The first-order valence-corrected chi connectivity index (χ1v) is 6.41. The van der Waals surface area contributed by atoms with Gasteiger partial charge in [0.05, 0.1) is 6.01 Å². The van der Waals surface area contributed by atoms with Crippen molar-refractivity contribution < 1.29 is 0 Å². The van der Waals surface area contributed by atoms with E-state index in [1.807, 2.05) is 6.92 Å². The van der Waals surface area contributed by atoms with Gasteiger partial charge in [-0.1, -0.05) is 52.9 Å². The Morgan fingerprint density at radius 2 is 1.27 bits per heavy atom. The van der Waals surface area contributed by atoms with Crippen LogP contribution in [0.1, 0.15) is 66.2 Å². The summed E-state index contributed by atoms with van der Waals surface area (Å²) >= 11 is 0. The van der Waals surface area contributed by atoms with Crippen molar-refractivity contribution in [2.24, 2.45) is 9.98 Å². The number of rotatable bonds is 7. The molecule has 0 radical (unpaired) electrons. The molecule has 0 atom stereocenters. The zero-order chi connectivity index (χ0) is 11.8. The second-order valence-electron chi connectivity index (χ2n) is 3.52. The van der Waals surface area contributed by atoms with E-state index in [2.05, 4.69) is 36.8 Å². The van der Waals surface area contributed by atoms with E-state index >= 15 is 0 Å². The molecule has 0 saturated carbocycles. The van der Waals surface area contributed by atoms with Crippen molar-refractivity contribution in [3.8, 4) is 0 Å². The molecule has 0 N–H and O–H groups in total. The van der Waals surface area contributed by atoms with Crippen LogP contribution in [0.5, 0.6) is 0 Å². The van der Waals surface area contributed by atoms with Crippen LogP contribution in [0.2, 0.25) is 0 Å². The molecule has 0 rings (SSSR count).